The van der Waals surface area contributed by atoms with E-state index in [1.165, 1.54) is 23.5 Å². The van der Waals surface area contributed by atoms with E-state index in [-0.39, 0.29) is 16.9 Å². The Morgan fingerprint density at radius 3 is 2.42 bits per heavy atom. The Balaban J connectivity index is 3.06. The van der Waals surface area contributed by atoms with Crippen molar-refractivity contribution in [3.8, 4) is 0 Å². The van der Waals surface area contributed by atoms with Crippen molar-refractivity contribution in [1.29, 1.82) is 0 Å². The van der Waals surface area contributed by atoms with Crippen molar-refractivity contribution >= 4 is 10.0 Å². The van der Waals surface area contributed by atoms with E-state index in [1.807, 2.05) is 13.8 Å². The number of hydrogen-bond acceptors (Lipinski definition) is 3. The van der Waals surface area contributed by atoms with Crippen molar-refractivity contribution < 1.29 is 12.8 Å². The average Bonchev–Trinajstić information content (AvgIpc) is 2.32. The summed E-state index contributed by atoms with van der Waals surface area (Å²) in [4.78, 5) is -0.0362. The van der Waals surface area contributed by atoms with Gasteiger partial charge in [-0.3, -0.25) is 0 Å². The highest BCUT2D eigenvalue weighted by Gasteiger charge is 2.27. The van der Waals surface area contributed by atoms with Crippen LogP contribution in [-0.2, 0) is 10.0 Å². The van der Waals surface area contributed by atoms with E-state index in [0.717, 1.165) is 6.07 Å². The molecule has 1 aromatic rings. The van der Waals surface area contributed by atoms with Gasteiger partial charge >= 0.3 is 0 Å². The molecule has 0 bridgehead atoms. The predicted octanol–water partition coefficient (Wildman–Crippen LogP) is 1.74. The summed E-state index contributed by atoms with van der Waals surface area (Å²) in [5.74, 6) is -0.521. The minimum absolute atomic E-state index is 0.0362. The Kier molecular flexibility index (Phi) is 4.71. The van der Waals surface area contributed by atoms with Crippen LogP contribution < -0.4 is 5.73 Å². The summed E-state index contributed by atoms with van der Waals surface area (Å²) < 4.78 is 39.3. The third kappa shape index (κ3) is 3.75. The summed E-state index contributed by atoms with van der Waals surface area (Å²) in [6.07, 6.45) is 0. The molecule has 0 saturated heterocycles. The zero-order valence-electron chi connectivity index (χ0n) is 11.8. The van der Waals surface area contributed by atoms with Crippen LogP contribution in [0.4, 0.5) is 4.39 Å². The normalized spacial score (nSPS) is 13.0. The smallest absolute Gasteiger partial charge is 0.242 e. The largest absolute Gasteiger partial charge is 0.330 e. The van der Waals surface area contributed by atoms with Crippen LogP contribution in [0.3, 0.4) is 0 Å². The van der Waals surface area contributed by atoms with Gasteiger partial charge in [0.05, 0.1) is 4.90 Å². The van der Waals surface area contributed by atoms with Gasteiger partial charge in [-0.15, -0.1) is 0 Å². The van der Waals surface area contributed by atoms with Crippen molar-refractivity contribution in [3.63, 3.8) is 0 Å². The summed E-state index contributed by atoms with van der Waals surface area (Å²) in [6.45, 7) is 6.01. The molecule has 0 spiro atoms. The fraction of sp³-hybridized carbons (Fsp3) is 0.538. The second-order valence-corrected chi connectivity index (χ2v) is 7.59. The molecular weight excluding hydrogens is 267 g/mol. The minimum Gasteiger partial charge on any atom is -0.330 e. The number of nitrogens with two attached hydrogens (primary N) is 1. The summed E-state index contributed by atoms with van der Waals surface area (Å²) in [5.41, 5.74) is 5.69. The first kappa shape index (κ1) is 16.1. The Labute approximate surface area is 114 Å². The highest BCUT2D eigenvalue weighted by molar-refractivity contribution is 7.89. The molecule has 1 rings (SSSR count). The second kappa shape index (κ2) is 5.56. The van der Waals surface area contributed by atoms with Crippen molar-refractivity contribution in [3.05, 3.63) is 29.6 Å². The van der Waals surface area contributed by atoms with Gasteiger partial charge in [0.1, 0.15) is 5.82 Å². The zero-order valence-corrected chi connectivity index (χ0v) is 12.6. The standard InChI is InChI=1S/C13H21FN2O2S/c1-10-5-6-11(7-12(10)14)19(17,18)16(4)9-13(2,3)8-15/h5-7H,8-9,15H2,1-4H3. The van der Waals surface area contributed by atoms with Crippen molar-refractivity contribution in [2.45, 2.75) is 25.7 Å². The summed E-state index contributed by atoms with van der Waals surface area (Å²) >= 11 is 0. The third-order valence-electron chi connectivity index (χ3n) is 3.05. The molecule has 0 amide bonds. The average molecular weight is 288 g/mol. The second-order valence-electron chi connectivity index (χ2n) is 5.54. The number of halogens is 1. The number of nitrogens with zero attached hydrogens (tertiary/aromatic N) is 1. The van der Waals surface area contributed by atoms with Gasteiger partial charge in [-0.1, -0.05) is 19.9 Å². The van der Waals surface area contributed by atoms with Gasteiger partial charge in [0.25, 0.3) is 0 Å². The van der Waals surface area contributed by atoms with Crippen LogP contribution in [0.15, 0.2) is 23.1 Å². The van der Waals surface area contributed by atoms with Crippen LogP contribution in [0.2, 0.25) is 0 Å². The molecule has 6 heteroatoms. The molecule has 0 radical (unpaired) electrons. The minimum atomic E-state index is -3.68. The fourth-order valence-electron chi connectivity index (χ4n) is 1.67. The molecule has 0 saturated carbocycles. The highest BCUT2D eigenvalue weighted by atomic mass is 32.2. The Bertz CT molecular complexity index is 556. The summed E-state index contributed by atoms with van der Waals surface area (Å²) in [5, 5.41) is 0. The van der Waals surface area contributed by atoms with Gasteiger partial charge in [-0.05, 0) is 36.6 Å². The number of benzene rings is 1. The number of hydrogen-bond donors (Lipinski definition) is 1. The summed E-state index contributed by atoms with van der Waals surface area (Å²) in [7, 11) is -2.21. The van der Waals surface area contributed by atoms with E-state index in [9.17, 15) is 12.8 Å². The Morgan fingerprint density at radius 1 is 1.37 bits per heavy atom. The van der Waals surface area contributed by atoms with Gasteiger partial charge in [0.2, 0.25) is 10.0 Å². The summed E-state index contributed by atoms with van der Waals surface area (Å²) in [6, 6.07) is 3.93. The van der Waals surface area contributed by atoms with Gasteiger partial charge in [-0.2, -0.15) is 0 Å². The third-order valence-corrected chi connectivity index (χ3v) is 4.85. The first-order valence-electron chi connectivity index (χ1n) is 6.03. The number of rotatable bonds is 5. The highest BCUT2D eigenvalue weighted by Crippen LogP contribution is 2.22. The van der Waals surface area contributed by atoms with E-state index in [2.05, 4.69) is 0 Å². The first-order chi connectivity index (χ1) is 8.60. The van der Waals surface area contributed by atoms with Crippen LogP contribution >= 0.6 is 0 Å². The molecule has 0 aromatic heterocycles. The Morgan fingerprint density at radius 2 is 1.95 bits per heavy atom. The maximum absolute atomic E-state index is 13.5. The number of sulfonamides is 1. The van der Waals surface area contributed by atoms with Crippen LogP contribution in [-0.4, -0.2) is 32.9 Å². The molecule has 0 heterocycles. The van der Waals surface area contributed by atoms with Crippen LogP contribution in [0.5, 0.6) is 0 Å². The molecule has 0 aliphatic rings. The molecule has 0 atom stereocenters. The van der Waals surface area contributed by atoms with E-state index in [4.69, 9.17) is 5.73 Å². The molecule has 19 heavy (non-hydrogen) atoms. The lowest BCUT2D eigenvalue weighted by Gasteiger charge is -2.28. The molecule has 108 valence electrons. The molecule has 0 aliphatic carbocycles. The number of aryl methyl sites for hydroxylation is 1. The van der Waals surface area contributed by atoms with Crippen LogP contribution in [0.25, 0.3) is 0 Å². The lowest BCUT2D eigenvalue weighted by atomic mass is 9.94. The predicted molar refractivity (Wildman–Crippen MR) is 73.8 cm³/mol. The Hall–Kier alpha value is -0.980. The van der Waals surface area contributed by atoms with E-state index in [1.54, 1.807) is 6.92 Å². The van der Waals surface area contributed by atoms with E-state index >= 15 is 0 Å². The maximum atomic E-state index is 13.5. The molecular formula is C13H21FN2O2S. The lowest BCUT2D eigenvalue weighted by Crippen LogP contribution is -2.39. The van der Waals surface area contributed by atoms with Crippen molar-refractivity contribution in [1.82, 2.24) is 4.31 Å². The zero-order chi connectivity index (χ0) is 14.8. The maximum Gasteiger partial charge on any atom is 0.242 e. The molecule has 0 aliphatic heterocycles. The van der Waals surface area contributed by atoms with Gasteiger partial charge < -0.3 is 5.73 Å². The monoisotopic (exact) mass is 288 g/mol. The van der Waals surface area contributed by atoms with Crippen molar-refractivity contribution in [2.24, 2.45) is 11.1 Å². The van der Waals surface area contributed by atoms with Crippen LogP contribution in [0, 0.1) is 18.2 Å². The fourth-order valence-corrected chi connectivity index (χ4v) is 3.04. The molecule has 4 nitrogen and oxygen atoms in total. The van der Waals surface area contributed by atoms with E-state index in [0.29, 0.717) is 12.1 Å². The quantitative estimate of drug-likeness (QED) is 0.897. The molecule has 1 aromatic carbocycles. The van der Waals surface area contributed by atoms with Crippen LogP contribution in [0.1, 0.15) is 19.4 Å². The van der Waals surface area contributed by atoms with Gasteiger partial charge in [-0.25, -0.2) is 17.1 Å². The van der Waals surface area contributed by atoms with Gasteiger partial charge in [0.15, 0.2) is 0 Å². The first-order valence-corrected chi connectivity index (χ1v) is 7.47. The SMILES string of the molecule is Cc1ccc(S(=O)(=O)N(C)CC(C)(C)CN)cc1F. The molecule has 0 fully saturated rings. The topological polar surface area (TPSA) is 63.4 Å². The van der Waals surface area contributed by atoms with Gasteiger partial charge in [0, 0.05) is 13.6 Å². The lowest BCUT2D eigenvalue weighted by molar-refractivity contribution is 0.292. The van der Waals surface area contributed by atoms with Crippen molar-refractivity contribution in [2.75, 3.05) is 20.1 Å². The molecule has 0 unspecified atom stereocenters. The van der Waals surface area contributed by atoms with E-state index < -0.39 is 15.8 Å². The molecule has 2 N–H and O–H groups in total.